The molecule has 3 heteroatoms. The van der Waals surface area contributed by atoms with E-state index in [1.54, 1.807) is 12.5 Å². The molecule has 16 heavy (non-hydrogen) atoms. The zero-order valence-corrected chi connectivity index (χ0v) is 10.7. The average Bonchev–Trinajstić information content (AvgIpc) is 2.70. The molecule has 0 aliphatic rings. The smallest absolute Gasteiger partial charge is 0.0947 e. The van der Waals surface area contributed by atoms with Gasteiger partial charge in [0.25, 0.3) is 0 Å². The Bertz CT molecular complexity index is 280. The van der Waals surface area contributed by atoms with Gasteiger partial charge in [0.15, 0.2) is 0 Å². The number of rotatable bonds is 7. The van der Waals surface area contributed by atoms with E-state index in [0.717, 1.165) is 19.6 Å². The molecule has 0 saturated heterocycles. The molecule has 0 atom stereocenters. The molecule has 2 N–H and O–H groups in total. The SMILES string of the molecule is CN(CCCC(C)(C)CN)Cc1ccoc1. The molecule has 0 aliphatic carbocycles. The van der Waals surface area contributed by atoms with Crippen LogP contribution in [0.4, 0.5) is 0 Å². The van der Waals surface area contributed by atoms with E-state index in [9.17, 15) is 0 Å². The summed E-state index contributed by atoms with van der Waals surface area (Å²) in [5.74, 6) is 0. The first kappa shape index (κ1) is 13.3. The predicted octanol–water partition coefficient (Wildman–Crippen LogP) is 2.48. The summed E-state index contributed by atoms with van der Waals surface area (Å²) in [6.07, 6.45) is 5.90. The van der Waals surface area contributed by atoms with E-state index >= 15 is 0 Å². The summed E-state index contributed by atoms with van der Waals surface area (Å²) in [5, 5.41) is 0. The van der Waals surface area contributed by atoms with E-state index in [4.69, 9.17) is 10.2 Å². The van der Waals surface area contributed by atoms with Gasteiger partial charge >= 0.3 is 0 Å². The largest absolute Gasteiger partial charge is 0.472 e. The Morgan fingerprint density at radius 3 is 2.75 bits per heavy atom. The summed E-state index contributed by atoms with van der Waals surface area (Å²) in [6.45, 7) is 7.28. The maximum atomic E-state index is 5.71. The molecule has 0 radical (unpaired) electrons. The summed E-state index contributed by atoms with van der Waals surface area (Å²) in [6, 6.07) is 2.01. The van der Waals surface area contributed by atoms with Gasteiger partial charge in [0, 0.05) is 12.1 Å². The molecular formula is C13H24N2O. The van der Waals surface area contributed by atoms with Crippen LogP contribution in [0.1, 0.15) is 32.3 Å². The Balaban J connectivity index is 2.18. The second-order valence-corrected chi connectivity index (χ2v) is 5.34. The first-order valence-corrected chi connectivity index (χ1v) is 5.93. The van der Waals surface area contributed by atoms with Crippen molar-refractivity contribution in [2.45, 2.75) is 33.2 Å². The molecule has 92 valence electrons. The van der Waals surface area contributed by atoms with E-state index in [0.29, 0.717) is 0 Å². The molecule has 1 aromatic rings. The van der Waals surface area contributed by atoms with Crippen molar-refractivity contribution in [1.82, 2.24) is 4.90 Å². The maximum absolute atomic E-state index is 5.71. The molecule has 1 heterocycles. The van der Waals surface area contributed by atoms with Crippen LogP contribution in [0.25, 0.3) is 0 Å². The Labute approximate surface area is 98.6 Å². The van der Waals surface area contributed by atoms with Gasteiger partial charge in [-0.25, -0.2) is 0 Å². The van der Waals surface area contributed by atoms with Crippen LogP contribution in [0.2, 0.25) is 0 Å². The van der Waals surface area contributed by atoms with Gasteiger partial charge in [-0.3, -0.25) is 0 Å². The highest BCUT2D eigenvalue weighted by Crippen LogP contribution is 2.20. The lowest BCUT2D eigenvalue weighted by Crippen LogP contribution is -2.26. The second-order valence-electron chi connectivity index (χ2n) is 5.34. The van der Waals surface area contributed by atoms with Gasteiger partial charge in [-0.1, -0.05) is 13.8 Å². The summed E-state index contributed by atoms with van der Waals surface area (Å²) in [5.41, 5.74) is 7.22. The molecule has 0 aliphatic heterocycles. The molecular weight excluding hydrogens is 200 g/mol. The minimum Gasteiger partial charge on any atom is -0.472 e. The standard InChI is InChI=1S/C13H24N2O/c1-13(2,11-14)6-4-7-15(3)9-12-5-8-16-10-12/h5,8,10H,4,6-7,9,11,14H2,1-3H3. The molecule has 0 aromatic carbocycles. The molecule has 0 fully saturated rings. The van der Waals surface area contributed by atoms with Crippen molar-refractivity contribution in [1.29, 1.82) is 0 Å². The Hall–Kier alpha value is -0.800. The van der Waals surface area contributed by atoms with Gasteiger partial charge in [0.2, 0.25) is 0 Å². The highest BCUT2D eigenvalue weighted by molar-refractivity contribution is 5.04. The van der Waals surface area contributed by atoms with Gasteiger partial charge in [0.05, 0.1) is 12.5 Å². The molecule has 1 rings (SSSR count). The average molecular weight is 224 g/mol. The summed E-state index contributed by atoms with van der Waals surface area (Å²) in [4.78, 5) is 2.32. The molecule has 3 nitrogen and oxygen atoms in total. The van der Waals surface area contributed by atoms with E-state index < -0.39 is 0 Å². The highest BCUT2D eigenvalue weighted by atomic mass is 16.3. The van der Waals surface area contributed by atoms with E-state index in [1.807, 2.05) is 6.07 Å². The lowest BCUT2D eigenvalue weighted by atomic mass is 9.88. The van der Waals surface area contributed by atoms with E-state index in [-0.39, 0.29) is 5.41 Å². The van der Waals surface area contributed by atoms with Gasteiger partial charge in [-0.15, -0.1) is 0 Å². The van der Waals surface area contributed by atoms with Crippen LogP contribution >= 0.6 is 0 Å². The first-order valence-electron chi connectivity index (χ1n) is 5.93. The van der Waals surface area contributed by atoms with Crippen molar-refractivity contribution in [2.75, 3.05) is 20.1 Å². The van der Waals surface area contributed by atoms with Crippen LogP contribution in [0.15, 0.2) is 23.0 Å². The fraction of sp³-hybridized carbons (Fsp3) is 0.692. The Morgan fingerprint density at radius 1 is 1.44 bits per heavy atom. The molecule has 0 bridgehead atoms. The maximum Gasteiger partial charge on any atom is 0.0947 e. The van der Waals surface area contributed by atoms with E-state index in [2.05, 4.69) is 25.8 Å². The van der Waals surface area contributed by atoms with Crippen LogP contribution < -0.4 is 5.73 Å². The monoisotopic (exact) mass is 224 g/mol. The third-order valence-electron chi connectivity index (χ3n) is 2.98. The number of furan rings is 1. The summed E-state index contributed by atoms with van der Waals surface area (Å²) < 4.78 is 5.05. The van der Waals surface area contributed by atoms with Crippen LogP contribution in [0.5, 0.6) is 0 Å². The summed E-state index contributed by atoms with van der Waals surface area (Å²) >= 11 is 0. The lowest BCUT2D eigenvalue weighted by molar-refractivity contribution is 0.273. The minimum absolute atomic E-state index is 0.274. The molecule has 0 saturated carbocycles. The fourth-order valence-electron chi connectivity index (χ4n) is 1.70. The van der Waals surface area contributed by atoms with Crippen molar-refractivity contribution in [2.24, 2.45) is 11.1 Å². The van der Waals surface area contributed by atoms with Crippen LogP contribution in [-0.2, 0) is 6.54 Å². The first-order chi connectivity index (χ1) is 7.53. The normalized spacial score (nSPS) is 12.3. The Kier molecular flexibility index (Phi) is 5.03. The predicted molar refractivity (Wildman–Crippen MR) is 67.1 cm³/mol. The molecule has 0 amide bonds. The minimum atomic E-state index is 0.274. The van der Waals surface area contributed by atoms with Gasteiger partial charge in [0.1, 0.15) is 0 Å². The quantitative estimate of drug-likeness (QED) is 0.773. The fourth-order valence-corrected chi connectivity index (χ4v) is 1.70. The van der Waals surface area contributed by atoms with Crippen molar-refractivity contribution in [3.8, 4) is 0 Å². The molecule has 1 aromatic heterocycles. The lowest BCUT2D eigenvalue weighted by Gasteiger charge is -2.24. The highest BCUT2D eigenvalue weighted by Gasteiger charge is 2.14. The van der Waals surface area contributed by atoms with Crippen molar-refractivity contribution in [3.05, 3.63) is 24.2 Å². The number of nitrogens with zero attached hydrogens (tertiary/aromatic N) is 1. The zero-order valence-electron chi connectivity index (χ0n) is 10.7. The number of hydrogen-bond acceptors (Lipinski definition) is 3. The Morgan fingerprint density at radius 2 is 2.19 bits per heavy atom. The molecule has 0 unspecified atom stereocenters. The van der Waals surface area contributed by atoms with Crippen LogP contribution in [-0.4, -0.2) is 25.0 Å². The molecule has 0 spiro atoms. The van der Waals surface area contributed by atoms with Crippen molar-refractivity contribution < 1.29 is 4.42 Å². The number of nitrogens with two attached hydrogens (primary N) is 1. The van der Waals surface area contributed by atoms with Crippen molar-refractivity contribution in [3.63, 3.8) is 0 Å². The van der Waals surface area contributed by atoms with Gasteiger partial charge < -0.3 is 15.1 Å². The number of hydrogen-bond donors (Lipinski definition) is 1. The van der Waals surface area contributed by atoms with Crippen molar-refractivity contribution >= 4 is 0 Å². The van der Waals surface area contributed by atoms with Crippen LogP contribution in [0, 0.1) is 5.41 Å². The van der Waals surface area contributed by atoms with Crippen LogP contribution in [0.3, 0.4) is 0 Å². The zero-order chi connectivity index (χ0) is 12.0. The third kappa shape index (κ3) is 4.81. The second kappa shape index (κ2) is 6.06. The van der Waals surface area contributed by atoms with E-state index in [1.165, 1.54) is 18.4 Å². The van der Waals surface area contributed by atoms with Gasteiger partial charge in [-0.2, -0.15) is 0 Å². The summed E-state index contributed by atoms with van der Waals surface area (Å²) in [7, 11) is 2.14. The van der Waals surface area contributed by atoms with Gasteiger partial charge in [-0.05, 0) is 44.5 Å². The topological polar surface area (TPSA) is 42.4 Å². The third-order valence-corrected chi connectivity index (χ3v) is 2.98.